The fourth-order valence-electron chi connectivity index (χ4n) is 4.28. The van der Waals surface area contributed by atoms with Crippen LogP contribution in [0.2, 0.25) is 0 Å². The Morgan fingerprint density at radius 3 is 1.08 bits per heavy atom. The van der Waals surface area contributed by atoms with Crippen LogP contribution in [0.4, 0.5) is 22.7 Å². The third-order valence-electron chi connectivity index (χ3n) is 6.08. The normalized spacial score (nSPS) is 11.9. The van der Waals surface area contributed by atoms with E-state index in [9.17, 15) is 10.4 Å². The van der Waals surface area contributed by atoms with E-state index in [1.165, 1.54) is 0 Å². The number of nitrogens with zero attached hydrogens (tertiary/aromatic N) is 4. The van der Waals surface area contributed by atoms with Gasteiger partial charge in [-0.1, -0.05) is 0 Å². The van der Waals surface area contributed by atoms with Crippen molar-refractivity contribution in [3.05, 3.63) is 81.9 Å². The molecule has 3 aromatic rings. The lowest BCUT2D eigenvalue weighted by molar-refractivity contribution is 0.235. The minimum atomic E-state index is 0.372. The summed E-state index contributed by atoms with van der Waals surface area (Å²) in [6.45, 7) is 7.99. The smallest absolute Gasteiger partial charge is 0.157 e. The van der Waals surface area contributed by atoms with Gasteiger partial charge in [-0.3, -0.25) is 21.4 Å². The summed E-state index contributed by atoms with van der Waals surface area (Å²) < 4.78 is 0. The van der Waals surface area contributed by atoms with Gasteiger partial charge in [-0.15, -0.1) is 0 Å². The van der Waals surface area contributed by atoms with Crippen molar-refractivity contribution in [2.45, 2.75) is 27.7 Å². The van der Waals surface area contributed by atoms with Gasteiger partial charge in [-0.05, 0) is 98.5 Å². The number of hydrogen-bond acceptors (Lipinski definition) is 6. The Balaban J connectivity index is 1.94. The molecule has 0 aliphatic heterocycles. The number of aryl methyl sites for hydroxylation is 4. The monoisotopic (exact) mass is 488 g/mol. The maximum Gasteiger partial charge on any atom is 0.157 e. The maximum absolute atomic E-state index is 9.85. The highest BCUT2D eigenvalue weighted by Gasteiger charge is 2.14. The van der Waals surface area contributed by atoms with Gasteiger partial charge in [-0.2, -0.15) is 0 Å². The van der Waals surface area contributed by atoms with Crippen LogP contribution < -0.4 is 20.8 Å². The fraction of sp³-hybridized carbons (Fsp3) is 0.286. The number of aliphatic imine (C=N–C) groups is 2. The molecule has 8 heteroatoms. The molecule has 0 radical (unpaired) electrons. The molecule has 0 saturated carbocycles. The molecule has 0 bridgehead atoms. The van der Waals surface area contributed by atoms with Crippen molar-refractivity contribution in [1.29, 1.82) is 0 Å². The van der Waals surface area contributed by atoms with Gasteiger partial charge in [-0.25, -0.2) is 9.98 Å². The van der Waals surface area contributed by atoms with Crippen LogP contribution >= 0.6 is 0 Å². The molecule has 4 N–H and O–H groups in total. The summed E-state index contributed by atoms with van der Waals surface area (Å²) in [5.74, 6) is 0.744. The van der Waals surface area contributed by atoms with Gasteiger partial charge >= 0.3 is 0 Å². The van der Waals surface area contributed by atoms with Gasteiger partial charge in [0.1, 0.15) is 0 Å². The number of rotatable bonds is 6. The van der Waals surface area contributed by atoms with Crippen molar-refractivity contribution in [2.75, 3.05) is 38.0 Å². The average Bonchev–Trinajstić information content (AvgIpc) is 2.82. The lowest BCUT2D eigenvalue weighted by atomic mass is 10.0. The summed E-state index contributed by atoms with van der Waals surface area (Å²) in [6, 6.07) is 15.5. The molecule has 0 spiro atoms. The summed E-state index contributed by atoms with van der Waals surface area (Å²) >= 11 is 0. The molecule has 8 nitrogen and oxygen atoms in total. The lowest BCUT2D eigenvalue weighted by Crippen LogP contribution is -2.23. The first-order valence-corrected chi connectivity index (χ1v) is 11.7. The quantitative estimate of drug-likeness (QED) is 0.217. The van der Waals surface area contributed by atoms with Gasteiger partial charge in [0, 0.05) is 50.7 Å². The molecular formula is C28H36N6O2. The van der Waals surface area contributed by atoms with E-state index in [2.05, 4.69) is 45.2 Å². The first kappa shape index (κ1) is 26.7. The van der Waals surface area contributed by atoms with Crippen LogP contribution in [-0.4, -0.2) is 50.3 Å². The van der Waals surface area contributed by atoms with Crippen molar-refractivity contribution in [2.24, 2.45) is 9.98 Å². The van der Waals surface area contributed by atoms with Crippen LogP contribution in [0, 0.1) is 27.7 Å². The molecule has 36 heavy (non-hydrogen) atoms. The van der Waals surface area contributed by atoms with Gasteiger partial charge < -0.3 is 9.80 Å². The molecule has 0 unspecified atom stereocenters. The standard InChI is InChI=1S/C28H36N6O2/c1-17-13-23(33(5)6)14-18(2)25(17)27(31-35)29-21-9-11-22(12-10-21)30-28(32-36)26-19(3)15-24(34(7)8)16-20(26)4/h9-16,35-36H,1-8H3,(H,29,31)(H,30,32). The number of nitrogens with one attached hydrogen (secondary N) is 2. The topological polar surface area (TPSA) is 95.7 Å². The predicted octanol–water partition coefficient (Wildman–Crippen LogP) is 5.17. The van der Waals surface area contributed by atoms with Gasteiger partial charge in [0.15, 0.2) is 11.7 Å². The predicted molar refractivity (Wildman–Crippen MR) is 149 cm³/mol. The molecule has 0 atom stereocenters. The van der Waals surface area contributed by atoms with Crippen LogP contribution in [0.15, 0.2) is 58.5 Å². The van der Waals surface area contributed by atoms with E-state index in [4.69, 9.17) is 0 Å². The lowest BCUT2D eigenvalue weighted by Gasteiger charge is -2.18. The summed E-state index contributed by atoms with van der Waals surface area (Å²) in [6.07, 6.45) is 0. The zero-order valence-electron chi connectivity index (χ0n) is 22.3. The molecule has 3 rings (SSSR count). The summed E-state index contributed by atoms with van der Waals surface area (Å²) in [5.41, 5.74) is 13.7. The molecule has 3 aromatic carbocycles. The fourth-order valence-corrected chi connectivity index (χ4v) is 4.28. The number of hydroxylamine groups is 2. The van der Waals surface area contributed by atoms with Gasteiger partial charge in [0.2, 0.25) is 0 Å². The molecule has 190 valence electrons. The van der Waals surface area contributed by atoms with E-state index in [0.29, 0.717) is 23.0 Å². The van der Waals surface area contributed by atoms with E-state index < -0.39 is 0 Å². The van der Waals surface area contributed by atoms with Crippen molar-refractivity contribution in [3.63, 3.8) is 0 Å². The highest BCUT2D eigenvalue weighted by atomic mass is 16.5. The summed E-state index contributed by atoms with van der Waals surface area (Å²) in [5, 5.41) is 19.7. The second-order valence-corrected chi connectivity index (χ2v) is 9.36. The van der Waals surface area contributed by atoms with Crippen LogP contribution in [-0.2, 0) is 0 Å². The number of hydrogen-bond donors (Lipinski definition) is 4. The Morgan fingerprint density at radius 2 is 0.861 bits per heavy atom. The molecule has 0 aliphatic carbocycles. The first-order valence-electron chi connectivity index (χ1n) is 11.7. The van der Waals surface area contributed by atoms with Gasteiger partial charge in [0.05, 0.1) is 11.4 Å². The minimum Gasteiger partial charge on any atom is -0.378 e. The molecule has 0 fully saturated rings. The number of benzene rings is 3. The van der Waals surface area contributed by atoms with E-state index in [1.807, 2.05) is 90.0 Å². The number of anilines is 2. The Bertz CT molecular complexity index is 1150. The zero-order valence-corrected chi connectivity index (χ0v) is 22.3. The Hall–Kier alpha value is -3.88. The molecule has 0 amide bonds. The molecular weight excluding hydrogens is 452 g/mol. The Labute approximate surface area is 213 Å². The second-order valence-electron chi connectivity index (χ2n) is 9.36. The first-order chi connectivity index (χ1) is 17.0. The summed E-state index contributed by atoms with van der Waals surface area (Å²) in [4.78, 5) is 13.3. The highest BCUT2D eigenvalue weighted by Crippen LogP contribution is 2.26. The zero-order chi connectivity index (χ0) is 26.6. The van der Waals surface area contributed by atoms with Crippen molar-refractivity contribution < 1.29 is 10.4 Å². The SMILES string of the molecule is Cc1cc(N(C)C)cc(C)c1C(=Nc1ccc(N=C(NO)c2c(C)cc(N(C)C)cc2C)cc1)NO. The molecule has 0 aliphatic rings. The minimum absolute atomic E-state index is 0.372. The Morgan fingerprint density at radius 1 is 0.583 bits per heavy atom. The molecule has 0 heterocycles. The largest absolute Gasteiger partial charge is 0.378 e. The number of amidine groups is 2. The van der Waals surface area contributed by atoms with Crippen LogP contribution in [0.25, 0.3) is 0 Å². The molecule has 0 saturated heterocycles. The van der Waals surface area contributed by atoms with Crippen molar-refractivity contribution in [1.82, 2.24) is 11.0 Å². The van der Waals surface area contributed by atoms with E-state index >= 15 is 0 Å². The Kier molecular flexibility index (Phi) is 8.34. The molecule has 0 aromatic heterocycles. The van der Waals surface area contributed by atoms with E-state index in [-0.39, 0.29) is 0 Å². The summed E-state index contributed by atoms with van der Waals surface area (Å²) in [7, 11) is 7.99. The van der Waals surface area contributed by atoms with Crippen molar-refractivity contribution in [3.8, 4) is 0 Å². The van der Waals surface area contributed by atoms with E-state index in [1.54, 1.807) is 0 Å². The van der Waals surface area contributed by atoms with Crippen LogP contribution in [0.1, 0.15) is 33.4 Å². The highest BCUT2D eigenvalue weighted by molar-refractivity contribution is 6.03. The van der Waals surface area contributed by atoms with Crippen molar-refractivity contribution >= 4 is 34.4 Å². The van der Waals surface area contributed by atoms with Gasteiger partial charge in [0.25, 0.3) is 0 Å². The average molecular weight is 489 g/mol. The van der Waals surface area contributed by atoms with E-state index in [0.717, 1.165) is 44.8 Å². The third kappa shape index (κ3) is 5.84. The maximum atomic E-state index is 9.85. The second kappa shape index (κ2) is 11.2. The third-order valence-corrected chi connectivity index (χ3v) is 6.08. The van der Waals surface area contributed by atoms with Crippen LogP contribution in [0.3, 0.4) is 0 Å². The van der Waals surface area contributed by atoms with Crippen LogP contribution in [0.5, 0.6) is 0 Å².